The first-order valence-electron chi connectivity index (χ1n) is 20.6. The Bertz CT molecular complexity index is 2470. The number of carbonyl (C=O) groups is 3. The minimum absolute atomic E-state index is 0.0197. The van der Waals surface area contributed by atoms with Crippen molar-refractivity contribution in [2.45, 2.75) is 97.5 Å². The number of hydrogen-bond acceptors (Lipinski definition) is 10. The third kappa shape index (κ3) is 8.74. The van der Waals surface area contributed by atoms with Gasteiger partial charge in [-0.15, -0.1) is 0 Å². The number of benzene rings is 2. The molecule has 2 aromatic carbocycles. The summed E-state index contributed by atoms with van der Waals surface area (Å²) in [6.07, 6.45) is 2.20. The van der Waals surface area contributed by atoms with Gasteiger partial charge in [-0.3, -0.25) is 14.8 Å². The molecule has 8 rings (SSSR count). The topological polar surface area (TPSA) is 149 Å². The molecule has 16 heteroatoms. The second-order valence-electron chi connectivity index (χ2n) is 17.7. The minimum atomic E-state index is -5.06. The van der Waals surface area contributed by atoms with Gasteiger partial charge in [-0.1, -0.05) is 62.8 Å². The summed E-state index contributed by atoms with van der Waals surface area (Å²) in [4.78, 5) is 49.0. The number of carboxylic acids is 1. The van der Waals surface area contributed by atoms with Crippen LogP contribution in [0.4, 0.5) is 24.1 Å². The molecule has 2 aliphatic carbocycles. The molecule has 4 unspecified atom stereocenters. The number of amides is 1. The Morgan fingerprint density at radius 1 is 0.984 bits per heavy atom. The van der Waals surface area contributed by atoms with Crippen LogP contribution in [-0.4, -0.2) is 74.2 Å². The lowest BCUT2D eigenvalue weighted by atomic mass is 9.50. The maximum atomic E-state index is 13.6. The fourth-order valence-corrected chi connectivity index (χ4v) is 11.5. The summed E-state index contributed by atoms with van der Waals surface area (Å²) >= 11 is 1.41. The number of nitrogens with zero attached hydrogens (tertiary/aromatic N) is 5. The Morgan fingerprint density at radius 3 is 2.54 bits per heavy atom. The van der Waals surface area contributed by atoms with Gasteiger partial charge in [-0.05, 0) is 104 Å². The zero-order valence-electron chi connectivity index (χ0n) is 34.6. The molecular weight excluding hydrogens is 810 g/mol. The third-order valence-electron chi connectivity index (χ3n) is 12.9. The van der Waals surface area contributed by atoms with Crippen LogP contribution in [0, 0.1) is 23.7 Å². The van der Waals surface area contributed by atoms with E-state index in [0.717, 1.165) is 59.1 Å². The van der Waals surface area contributed by atoms with Gasteiger partial charge >= 0.3 is 18.1 Å². The number of esters is 1. The molecule has 0 radical (unpaired) electrons. The average Bonchev–Trinajstić information content (AvgIpc) is 3.79. The molecule has 2 fully saturated rings. The van der Waals surface area contributed by atoms with E-state index >= 15 is 0 Å². The molecule has 2 N–H and O–H groups in total. The molecule has 61 heavy (non-hydrogen) atoms. The second-order valence-corrected chi connectivity index (χ2v) is 18.7. The number of aromatic carboxylic acids is 1. The molecule has 2 bridgehead atoms. The van der Waals surface area contributed by atoms with Gasteiger partial charge in [0.15, 0.2) is 10.8 Å². The van der Waals surface area contributed by atoms with Crippen LogP contribution in [0.5, 0.6) is 0 Å². The van der Waals surface area contributed by atoms with Crippen LogP contribution < -0.4 is 10.2 Å². The first-order chi connectivity index (χ1) is 29.0. The van der Waals surface area contributed by atoms with Crippen molar-refractivity contribution >= 4 is 50.3 Å². The number of ether oxygens (including phenoxy) is 2. The molecule has 3 aromatic heterocycles. The summed E-state index contributed by atoms with van der Waals surface area (Å²) in [7, 11) is 0. The number of aromatic nitrogens is 4. The fourth-order valence-electron chi connectivity index (χ4n) is 10.6. The van der Waals surface area contributed by atoms with Crippen molar-refractivity contribution in [3.05, 3.63) is 88.9 Å². The standard InChI is InChI=1S/C45H49F3N6O6S/c1-5-42(3)24-43(4)19-28(20-44(25-42,26-43)60-18-17-59-40(58)45(46,47)48)22-54-27(2)32(21-49-54)30-13-14-36(51-37(30)39(56)57)53-16-15-29-9-8-10-31(33(29)23-53)38(55)52-41-50-34-11-6-7-12-35(34)61-41/h6-14,21,28H,5,15-20,22-26H2,1-4H3,(H,56,57)(H,50,52,55). The van der Waals surface area contributed by atoms with Crippen molar-refractivity contribution in [1.29, 1.82) is 0 Å². The summed E-state index contributed by atoms with van der Waals surface area (Å²) in [5.74, 6) is -3.07. The quantitative estimate of drug-likeness (QED) is 0.0919. The predicted octanol–water partition coefficient (Wildman–Crippen LogP) is 9.25. The number of carboxylic acid groups (broad SMARTS) is 1. The van der Waals surface area contributed by atoms with Crippen LogP contribution in [0.3, 0.4) is 0 Å². The summed E-state index contributed by atoms with van der Waals surface area (Å²) in [5, 5.41) is 18.7. The highest BCUT2D eigenvalue weighted by molar-refractivity contribution is 7.22. The maximum Gasteiger partial charge on any atom is 0.490 e. The smallest absolute Gasteiger partial charge is 0.476 e. The van der Waals surface area contributed by atoms with Crippen molar-refractivity contribution in [3.8, 4) is 11.1 Å². The minimum Gasteiger partial charge on any atom is -0.476 e. The van der Waals surface area contributed by atoms with Gasteiger partial charge in [0.05, 0.1) is 28.6 Å². The van der Waals surface area contributed by atoms with Gasteiger partial charge in [0.25, 0.3) is 5.91 Å². The molecule has 4 atom stereocenters. The van der Waals surface area contributed by atoms with E-state index in [1.54, 1.807) is 18.3 Å². The number of fused-ring (bicyclic) bond motifs is 4. The van der Waals surface area contributed by atoms with Crippen LogP contribution in [-0.2, 0) is 33.8 Å². The molecule has 12 nitrogen and oxygen atoms in total. The number of pyridine rings is 1. The van der Waals surface area contributed by atoms with Crippen LogP contribution in [0.25, 0.3) is 21.3 Å². The van der Waals surface area contributed by atoms with Crippen molar-refractivity contribution in [2.75, 3.05) is 30.0 Å². The highest BCUT2D eigenvalue weighted by atomic mass is 32.1. The summed E-state index contributed by atoms with van der Waals surface area (Å²) < 4.78 is 52.1. The van der Waals surface area contributed by atoms with E-state index in [1.807, 2.05) is 59.0 Å². The van der Waals surface area contributed by atoms with Crippen molar-refractivity contribution < 1.29 is 42.1 Å². The summed E-state index contributed by atoms with van der Waals surface area (Å²) in [5.41, 5.74) is 4.27. The van der Waals surface area contributed by atoms with E-state index in [1.165, 1.54) is 11.3 Å². The van der Waals surface area contributed by atoms with Gasteiger partial charge in [0.2, 0.25) is 0 Å². The Kier molecular flexibility index (Phi) is 11.2. The Morgan fingerprint density at radius 2 is 1.79 bits per heavy atom. The van der Waals surface area contributed by atoms with Gasteiger partial charge in [-0.2, -0.15) is 18.3 Å². The van der Waals surface area contributed by atoms with Crippen LogP contribution in [0.15, 0.2) is 60.8 Å². The number of halogens is 3. The van der Waals surface area contributed by atoms with Crippen molar-refractivity contribution in [1.82, 2.24) is 19.7 Å². The monoisotopic (exact) mass is 858 g/mol. The highest BCUT2D eigenvalue weighted by Crippen LogP contribution is 2.61. The number of alkyl halides is 3. The third-order valence-corrected chi connectivity index (χ3v) is 13.8. The van der Waals surface area contributed by atoms with E-state index in [-0.39, 0.29) is 35.0 Å². The Labute approximate surface area is 355 Å². The SMILES string of the molecule is CCC1(C)CC2(C)CC(Cn3ncc(-c4ccc(N5CCc6cccc(C(=O)Nc7nc8ccccc8s7)c6C5)nc4C(=O)O)c3C)CC(OCCOC(=O)C(F)(F)F)(C1)C2. The number of rotatable bonds is 12. The Balaban J connectivity index is 0.990. The largest absolute Gasteiger partial charge is 0.490 e. The first kappa shape index (κ1) is 42.3. The first-order valence-corrected chi connectivity index (χ1v) is 21.5. The number of nitrogens with one attached hydrogen (secondary N) is 1. The van der Waals surface area contributed by atoms with Gasteiger partial charge < -0.3 is 19.5 Å². The molecule has 4 heterocycles. The second kappa shape index (κ2) is 16.2. The normalized spacial score (nSPS) is 23.7. The molecule has 0 spiro atoms. The lowest BCUT2D eigenvalue weighted by molar-refractivity contribution is -0.208. The van der Waals surface area contributed by atoms with Crippen LogP contribution in [0.1, 0.15) is 97.0 Å². The zero-order valence-corrected chi connectivity index (χ0v) is 35.4. The fraction of sp³-hybridized carbons (Fsp3) is 0.467. The van der Waals surface area contributed by atoms with Gasteiger partial charge in [-0.25, -0.2) is 19.6 Å². The molecule has 0 saturated heterocycles. The van der Waals surface area contributed by atoms with E-state index < -0.39 is 30.3 Å². The van der Waals surface area contributed by atoms with Crippen LogP contribution in [0.2, 0.25) is 0 Å². The molecule has 5 aromatic rings. The number of para-hydroxylation sites is 1. The number of thiazole rings is 1. The van der Waals surface area contributed by atoms with E-state index in [4.69, 9.17) is 9.84 Å². The lowest BCUT2D eigenvalue weighted by Gasteiger charge is -2.59. The molecule has 1 amide bonds. The van der Waals surface area contributed by atoms with E-state index in [0.29, 0.717) is 60.1 Å². The molecular formula is C45H49F3N6O6S. The van der Waals surface area contributed by atoms with Crippen LogP contribution >= 0.6 is 11.3 Å². The average molecular weight is 859 g/mol. The maximum absolute atomic E-state index is 13.6. The Hall–Kier alpha value is -5.35. The van der Waals surface area contributed by atoms with Gasteiger partial charge in [0, 0.05) is 42.0 Å². The van der Waals surface area contributed by atoms with Gasteiger partial charge in [0.1, 0.15) is 12.4 Å². The molecule has 2 saturated carbocycles. The van der Waals surface area contributed by atoms with Crippen molar-refractivity contribution in [2.24, 2.45) is 16.7 Å². The molecule has 322 valence electrons. The number of carbonyl (C=O) groups excluding carboxylic acids is 2. The summed E-state index contributed by atoms with van der Waals surface area (Å²) in [6, 6.07) is 17.0. The predicted molar refractivity (Wildman–Crippen MR) is 225 cm³/mol. The van der Waals surface area contributed by atoms with Crippen molar-refractivity contribution in [3.63, 3.8) is 0 Å². The van der Waals surface area contributed by atoms with E-state index in [9.17, 15) is 32.7 Å². The highest BCUT2D eigenvalue weighted by Gasteiger charge is 2.55. The van der Waals surface area contributed by atoms with E-state index in [2.05, 4.69) is 40.8 Å². The number of anilines is 2. The summed E-state index contributed by atoms with van der Waals surface area (Å²) in [6.45, 7) is 9.41. The lowest BCUT2D eigenvalue weighted by Crippen LogP contribution is -2.55. The number of hydrogen-bond donors (Lipinski definition) is 2. The molecule has 3 aliphatic rings. The molecule has 1 aliphatic heterocycles. The zero-order chi connectivity index (χ0) is 43.3.